The van der Waals surface area contributed by atoms with Gasteiger partial charge in [0.2, 0.25) is 0 Å². The Hall–Kier alpha value is -2.94. The van der Waals surface area contributed by atoms with E-state index in [9.17, 15) is 4.79 Å². The highest BCUT2D eigenvalue weighted by molar-refractivity contribution is 5.16. The molecule has 1 aliphatic carbocycles. The Morgan fingerprint density at radius 2 is 1.93 bits per heavy atom. The summed E-state index contributed by atoms with van der Waals surface area (Å²) >= 11 is 0. The SMILES string of the molecule is O=c1ccc(-n2cncn2)nn1CC1CCN(Cc2ccnc(C3CCC3)n2)CC1. The Kier molecular flexibility index (Phi) is 5.35. The fourth-order valence-corrected chi connectivity index (χ4v) is 4.18. The van der Waals surface area contributed by atoms with Gasteiger partial charge >= 0.3 is 0 Å². The van der Waals surface area contributed by atoms with E-state index in [1.165, 1.54) is 25.6 Å². The van der Waals surface area contributed by atoms with Crippen molar-refractivity contribution in [3.05, 3.63) is 58.9 Å². The lowest BCUT2D eigenvalue weighted by molar-refractivity contribution is 0.161. The summed E-state index contributed by atoms with van der Waals surface area (Å²) in [6.45, 7) is 3.51. The average Bonchev–Trinajstić information content (AvgIpc) is 3.25. The molecule has 156 valence electrons. The molecule has 0 unspecified atom stereocenters. The summed E-state index contributed by atoms with van der Waals surface area (Å²) in [7, 11) is 0. The first-order valence-corrected chi connectivity index (χ1v) is 10.7. The first-order chi connectivity index (χ1) is 14.7. The second-order valence-electron chi connectivity index (χ2n) is 8.31. The molecule has 9 heteroatoms. The smallest absolute Gasteiger partial charge is 0.266 e. The van der Waals surface area contributed by atoms with Crippen LogP contribution in [-0.4, -0.2) is 52.5 Å². The van der Waals surface area contributed by atoms with E-state index in [1.54, 1.807) is 27.8 Å². The number of nitrogens with zero attached hydrogens (tertiary/aromatic N) is 8. The minimum absolute atomic E-state index is 0.0780. The van der Waals surface area contributed by atoms with E-state index in [0.717, 1.165) is 44.0 Å². The summed E-state index contributed by atoms with van der Waals surface area (Å²) in [5.74, 6) is 2.63. The van der Waals surface area contributed by atoms with Gasteiger partial charge in [-0.25, -0.2) is 24.3 Å². The third-order valence-corrected chi connectivity index (χ3v) is 6.23. The van der Waals surface area contributed by atoms with Gasteiger partial charge in [-0.3, -0.25) is 9.69 Å². The molecule has 9 nitrogen and oxygen atoms in total. The quantitative estimate of drug-likeness (QED) is 0.616. The molecule has 0 radical (unpaired) electrons. The summed E-state index contributed by atoms with van der Waals surface area (Å²) in [6, 6.07) is 5.26. The number of hydrogen-bond acceptors (Lipinski definition) is 7. The fourth-order valence-electron chi connectivity index (χ4n) is 4.18. The lowest BCUT2D eigenvalue weighted by atomic mass is 9.85. The van der Waals surface area contributed by atoms with Gasteiger partial charge < -0.3 is 0 Å². The molecule has 1 saturated heterocycles. The number of hydrogen-bond donors (Lipinski definition) is 0. The maximum absolute atomic E-state index is 12.3. The Balaban J connectivity index is 1.18. The van der Waals surface area contributed by atoms with Gasteiger partial charge in [-0.15, -0.1) is 5.10 Å². The van der Waals surface area contributed by atoms with Crippen LogP contribution in [0.5, 0.6) is 0 Å². The molecule has 0 N–H and O–H groups in total. The molecule has 2 aliphatic rings. The third kappa shape index (κ3) is 4.16. The second kappa shape index (κ2) is 8.43. The van der Waals surface area contributed by atoms with Crippen molar-refractivity contribution in [1.82, 2.24) is 39.4 Å². The van der Waals surface area contributed by atoms with E-state index in [2.05, 4.69) is 25.1 Å². The predicted octanol–water partition coefficient (Wildman–Crippen LogP) is 1.79. The summed E-state index contributed by atoms with van der Waals surface area (Å²) in [4.78, 5) is 27.9. The molecule has 0 atom stereocenters. The standard InChI is InChI=1S/C21H26N8O/c30-20-5-4-19(29-15-22-14-24-29)26-28(20)12-16-7-10-27(11-8-16)13-18-6-9-23-21(25-18)17-2-1-3-17/h4-6,9,14-17H,1-3,7-8,10-13H2. The van der Waals surface area contributed by atoms with E-state index in [-0.39, 0.29) is 5.56 Å². The molecule has 3 aromatic heterocycles. The van der Waals surface area contributed by atoms with Crippen molar-refractivity contribution in [2.45, 2.75) is 51.1 Å². The summed E-state index contributed by atoms with van der Waals surface area (Å²) < 4.78 is 3.13. The number of piperidine rings is 1. The molecule has 0 amide bonds. The molecule has 5 rings (SSSR count). The Bertz CT molecular complexity index is 1040. The Morgan fingerprint density at radius 1 is 1.07 bits per heavy atom. The van der Waals surface area contributed by atoms with Crippen molar-refractivity contribution < 1.29 is 0 Å². The maximum atomic E-state index is 12.3. The molecule has 2 fully saturated rings. The van der Waals surface area contributed by atoms with Crippen LogP contribution in [0.2, 0.25) is 0 Å². The molecule has 30 heavy (non-hydrogen) atoms. The lowest BCUT2D eigenvalue weighted by Crippen LogP contribution is -2.36. The first kappa shape index (κ1) is 19.0. The fraction of sp³-hybridized carbons (Fsp3) is 0.524. The van der Waals surface area contributed by atoms with Crippen molar-refractivity contribution in [1.29, 1.82) is 0 Å². The van der Waals surface area contributed by atoms with Crippen molar-refractivity contribution in [3.63, 3.8) is 0 Å². The van der Waals surface area contributed by atoms with Gasteiger partial charge in [-0.1, -0.05) is 6.42 Å². The molecule has 1 saturated carbocycles. The largest absolute Gasteiger partial charge is 0.297 e. The van der Waals surface area contributed by atoms with Crippen molar-refractivity contribution in [3.8, 4) is 5.82 Å². The number of rotatable bonds is 6. The molecular weight excluding hydrogens is 380 g/mol. The molecule has 0 spiro atoms. The average molecular weight is 406 g/mol. The topological polar surface area (TPSA) is 94.6 Å². The van der Waals surface area contributed by atoms with Gasteiger partial charge in [0.25, 0.3) is 5.56 Å². The first-order valence-electron chi connectivity index (χ1n) is 10.7. The van der Waals surface area contributed by atoms with E-state index in [0.29, 0.717) is 24.2 Å². The van der Waals surface area contributed by atoms with Gasteiger partial charge in [0, 0.05) is 31.3 Å². The predicted molar refractivity (Wildman–Crippen MR) is 110 cm³/mol. The monoisotopic (exact) mass is 406 g/mol. The molecule has 0 aromatic carbocycles. The summed E-state index contributed by atoms with van der Waals surface area (Å²) in [5.41, 5.74) is 1.04. The second-order valence-corrected chi connectivity index (χ2v) is 8.31. The van der Waals surface area contributed by atoms with E-state index < -0.39 is 0 Å². The van der Waals surface area contributed by atoms with Crippen LogP contribution in [0.25, 0.3) is 5.82 Å². The highest BCUT2D eigenvalue weighted by Crippen LogP contribution is 2.34. The van der Waals surface area contributed by atoms with E-state index >= 15 is 0 Å². The van der Waals surface area contributed by atoms with Crippen LogP contribution in [0.3, 0.4) is 0 Å². The minimum Gasteiger partial charge on any atom is -0.297 e. The van der Waals surface area contributed by atoms with Gasteiger partial charge in [0.15, 0.2) is 5.82 Å². The molecular formula is C21H26N8O. The van der Waals surface area contributed by atoms with Crippen LogP contribution >= 0.6 is 0 Å². The van der Waals surface area contributed by atoms with Crippen LogP contribution < -0.4 is 5.56 Å². The molecule has 1 aliphatic heterocycles. The zero-order valence-electron chi connectivity index (χ0n) is 17.0. The summed E-state index contributed by atoms with van der Waals surface area (Å²) in [5, 5.41) is 8.56. The Morgan fingerprint density at radius 3 is 2.67 bits per heavy atom. The van der Waals surface area contributed by atoms with Crippen molar-refractivity contribution >= 4 is 0 Å². The number of aromatic nitrogens is 7. The normalized spacial score (nSPS) is 18.4. The molecule has 3 aromatic rings. The molecule has 4 heterocycles. The maximum Gasteiger partial charge on any atom is 0.266 e. The lowest BCUT2D eigenvalue weighted by Gasteiger charge is -2.32. The van der Waals surface area contributed by atoms with E-state index in [1.807, 2.05) is 12.3 Å². The van der Waals surface area contributed by atoms with Crippen molar-refractivity contribution in [2.75, 3.05) is 13.1 Å². The minimum atomic E-state index is -0.0780. The van der Waals surface area contributed by atoms with Gasteiger partial charge in [0.05, 0.1) is 5.69 Å². The summed E-state index contributed by atoms with van der Waals surface area (Å²) in [6.07, 6.45) is 10.8. The van der Waals surface area contributed by atoms with Crippen LogP contribution in [0, 0.1) is 5.92 Å². The van der Waals surface area contributed by atoms with Crippen LogP contribution in [0.1, 0.15) is 49.5 Å². The van der Waals surface area contributed by atoms with Gasteiger partial charge in [0.1, 0.15) is 18.5 Å². The van der Waals surface area contributed by atoms with Gasteiger partial charge in [-0.05, 0) is 56.8 Å². The molecule has 0 bridgehead atoms. The third-order valence-electron chi connectivity index (χ3n) is 6.23. The zero-order chi connectivity index (χ0) is 20.3. The van der Waals surface area contributed by atoms with E-state index in [4.69, 9.17) is 4.98 Å². The number of likely N-dealkylation sites (tertiary alicyclic amines) is 1. The van der Waals surface area contributed by atoms with Gasteiger partial charge in [-0.2, -0.15) is 5.10 Å². The highest BCUT2D eigenvalue weighted by Gasteiger charge is 2.24. The van der Waals surface area contributed by atoms with Crippen molar-refractivity contribution in [2.24, 2.45) is 5.92 Å². The highest BCUT2D eigenvalue weighted by atomic mass is 16.1. The van der Waals surface area contributed by atoms with Crippen LogP contribution in [0.4, 0.5) is 0 Å². The van der Waals surface area contributed by atoms with Crippen LogP contribution in [0.15, 0.2) is 41.8 Å². The Labute approximate surface area is 174 Å². The van der Waals surface area contributed by atoms with Crippen LogP contribution in [-0.2, 0) is 13.1 Å². The zero-order valence-corrected chi connectivity index (χ0v) is 17.0.